The van der Waals surface area contributed by atoms with Gasteiger partial charge < -0.3 is 20.6 Å². The Morgan fingerprint density at radius 2 is 1.83 bits per heavy atom. The summed E-state index contributed by atoms with van der Waals surface area (Å²) in [5.74, 6) is -2.06. The monoisotopic (exact) mass is 421 g/mol. The Morgan fingerprint density at radius 3 is 2.33 bits per heavy atom. The van der Waals surface area contributed by atoms with E-state index in [1.807, 2.05) is 39.8 Å². The number of nitrogens with one attached hydrogen (secondary N) is 2. The van der Waals surface area contributed by atoms with Gasteiger partial charge in [-0.1, -0.05) is 45.8 Å². The molecule has 7 nitrogen and oxygen atoms in total. The molecule has 0 bridgehead atoms. The molecule has 2 rings (SSSR count). The van der Waals surface area contributed by atoms with Crippen molar-refractivity contribution in [1.29, 1.82) is 0 Å². The number of hydrogen-bond acceptors (Lipinski definition) is 4. The number of likely N-dealkylation sites (tertiary alicyclic amines) is 1. The lowest BCUT2D eigenvalue weighted by molar-refractivity contribution is -0.144. The predicted octanol–water partition coefficient (Wildman–Crippen LogP) is 1.71. The molecule has 1 fully saturated rings. The van der Waals surface area contributed by atoms with Gasteiger partial charge in [-0.25, -0.2) is 0 Å². The zero-order valence-electron chi connectivity index (χ0n) is 19.2. The second-order valence-corrected chi connectivity index (χ2v) is 9.07. The van der Waals surface area contributed by atoms with Crippen LogP contribution in [0.5, 0.6) is 0 Å². The smallest absolute Gasteiger partial charge is 0.243 e. The van der Waals surface area contributed by atoms with Crippen LogP contribution in [0.3, 0.4) is 0 Å². The van der Waals surface area contributed by atoms with Crippen LogP contribution in [0.4, 0.5) is 0 Å². The van der Waals surface area contributed by atoms with Gasteiger partial charge in [0.15, 0.2) is 0 Å². The third kappa shape index (κ3) is 4.56. The molecule has 0 radical (unpaired) electrons. The molecule has 170 valence electrons. The molecular weight excluding hydrogens is 382 g/mol. The highest BCUT2D eigenvalue weighted by Gasteiger charge is 2.58. The number of nitrogens with zero attached hydrogens (tertiary/aromatic N) is 1. The quantitative estimate of drug-likeness (QED) is 0.494. The Hall–Kier alpha value is -1.89. The van der Waals surface area contributed by atoms with Crippen molar-refractivity contribution < 1.29 is 19.5 Å². The highest BCUT2D eigenvalue weighted by Crippen LogP contribution is 2.46. The average Bonchev–Trinajstić information content (AvgIpc) is 3.00. The first-order valence-electron chi connectivity index (χ1n) is 11.4. The molecule has 1 aliphatic carbocycles. The number of allylic oxidation sites excluding steroid dienone is 1. The SMILES string of the molecule is CCC[C@@H]1C=C[C@H]2[C@H](C(=O)N([C@@H](CO)[C@@H](C)CC)[C@@H]2C(=O)NC(C)C)[C@@H]1C(=O)NC. The fourth-order valence-corrected chi connectivity index (χ4v) is 5.12. The minimum absolute atomic E-state index is 0.0299. The molecule has 0 aromatic carbocycles. The fourth-order valence-electron chi connectivity index (χ4n) is 5.12. The largest absolute Gasteiger partial charge is 0.394 e. The number of aliphatic hydroxyl groups is 1. The van der Waals surface area contributed by atoms with E-state index < -0.39 is 23.9 Å². The number of rotatable bonds is 9. The van der Waals surface area contributed by atoms with Gasteiger partial charge in [0.1, 0.15) is 6.04 Å². The van der Waals surface area contributed by atoms with Gasteiger partial charge in [-0.15, -0.1) is 0 Å². The van der Waals surface area contributed by atoms with Crippen LogP contribution in [0, 0.1) is 29.6 Å². The average molecular weight is 422 g/mol. The molecule has 30 heavy (non-hydrogen) atoms. The number of fused-ring (bicyclic) bond motifs is 1. The van der Waals surface area contributed by atoms with Crippen LogP contribution in [-0.2, 0) is 14.4 Å². The maximum Gasteiger partial charge on any atom is 0.243 e. The maximum atomic E-state index is 13.8. The van der Waals surface area contributed by atoms with E-state index in [1.54, 1.807) is 11.9 Å². The van der Waals surface area contributed by atoms with Gasteiger partial charge in [-0.2, -0.15) is 0 Å². The highest BCUT2D eigenvalue weighted by atomic mass is 16.3. The topological polar surface area (TPSA) is 98.7 Å². The van der Waals surface area contributed by atoms with Crippen molar-refractivity contribution in [3.05, 3.63) is 12.2 Å². The molecule has 1 saturated heterocycles. The van der Waals surface area contributed by atoms with E-state index in [4.69, 9.17) is 0 Å². The van der Waals surface area contributed by atoms with Crippen molar-refractivity contribution in [3.63, 3.8) is 0 Å². The van der Waals surface area contributed by atoms with Gasteiger partial charge in [0.2, 0.25) is 17.7 Å². The van der Waals surface area contributed by atoms with Gasteiger partial charge in [0.05, 0.1) is 24.5 Å². The van der Waals surface area contributed by atoms with Gasteiger partial charge >= 0.3 is 0 Å². The summed E-state index contributed by atoms with van der Waals surface area (Å²) in [5.41, 5.74) is 0. The Bertz CT molecular complexity index is 663. The fraction of sp³-hybridized carbons (Fsp3) is 0.783. The van der Waals surface area contributed by atoms with Gasteiger partial charge in [-0.05, 0) is 32.1 Å². The summed E-state index contributed by atoms with van der Waals surface area (Å²) in [6, 6.07) is -1.25. The molecule has 1 aliphatic heterocycles. The molecule has 7 atom stereocenters. The van der Waals surface area contributed by atoms with E-state index in [-0.39, 0.29) is 48.1 Å². The van der Waals surface area contributed by atoms with Crippen LogP contribution in [0.2, 0.25) is 0 Å². The first-order chi connectivity index (χ1) is 14.2. The second-order valence-electron chi connectivity index (χ2n) is 9.07. The van der Waals surface area contributed by atoms with Crippen molar-refractivity contribution in [2.45, 2.75) is 72.0 Å². The molecule has 3 amide bonds. The van der Waals surface area contributed by atoms with Crippen LogP contribution in [0.25, 0.3) is 0 Å². The summed E-state index contributed by atoms with van der Waals surface area (Å²) >= 11 is 0. The third-order valence-electron chi connectivity index (χ3n) is 6.76. The van der Waals surface area contributed by atoms with Gasteiger partial charge in [-0.3, -0.25) is 14.4 Å². The van der Waals surface area contributed by atoms with Crippen molar-refractivity contribution in [2.75, 3.05) is 13.7 Å². The highest BCUT2D eigenvalue weighted by molar-refractivity contribution is 5.97. The molecule has 3 N–H and O–H groups in total. The Morgan fingerprint density at radius 1 is 1.17 bits per heavy atom. The molecule has 0 aromatic heterocycles. The van der Waals surface area contributed by atoms with Crippen LogP contribution in [0.15, 0.2) is 12.2 Å². The van der Waals surface area contributed by atoms with Crippen LogP contribution in [-0.4, -0.2) is 59.5 Å². The number of aliphatic hydroxyl groups excluding tert-OH is 1. The Balaban J connectivity index is 2.56. The van der Waals surface area contributed by atoms with E-state index in [2.05, 4.69) is 17.6 Å². The molecule has 0 saturated carbocycles. The van der Waals surface area contributed by atoms with Gasteiger partial charge in [0, 0.05) is 19.0 Å². The summed E-state index contributed by atoms with van der Waals surface area (Å²) in [5, 5.41) is 15.8. The summed E-state index contributed by atoms with van der Waals surface area (Å²) in [4.78, 5) is 41.5. The first kappa shape index (κ1) is 24.4. The number of carbonyl (C=O) groups excluding carboxylic acids is 3. The lowest BCUT2D eigenvalue weighted by Crippen LogP contribution is -2.55. The third-order valence-corrected chi connectivity index (χ3v) is 6.76. The number of amides is 3. The van der Waals surface area contributed by atoms with Crippen molar-refractivity contribution >= 4 is 17.7 Å². The van der Waals surface area contributed by atoms with E-state index in [0.717, 1.165) is 19.3 Å². The molecule has 1 heterocycles. The molecule has 7 heteroatoms. The summed E-state index contributed by atoms with van der Waals surface area (Å²) in [6.07, 6.45) is 6.48. The van der Waals surface area contributed by atoms with Crippen LogP contribution < -0.4 is 10.6 Å². The van der Waals surface area contributed by atoms with E-state index >= 15 is 0 Å². The predicted molar refractivity (Wildman–Crippen MR) is 116 cm³/mol. The lowest BCUT2D eigenvalue weighted by Gasteiger charge is -2.36. The Labute approximate surface area is 180 Å². The van der Waals surface area contributed by atoms with Gasteiger partial charge in [0.25, 0.3) is 0 Å². The standard InChI is InChI=1S/C23H39N3O4/c1-7-9-15-10-11-16-19(18(15)21(28)24-6)23(30)26(17(12-27)14(5)8-2)20(16)22(29)25-13(3)4/h10-11,13-20,27H,7-9,12H2,1-6H3,(H,24,28)(H,25,29)/t14-,15+,16-,17-,18+,19-,20-/m0/s1. The summed E-state index contributed by atoms with van der Waals surface area (Å²) < 4.78 is 0. The molecule has 2 aliphatic rings. The van der Waals surface area contributed by atoms with Crippen LogP contribution in [0.1, 0.15) is 53.9 Å². The summed E-state index contributed by atoms with van der Waals surface area (Å²) in [7, 11) is 1.59. The number of carbonyl (C=O) groups is 3. The molecule has 0 aromatic rings. The van der Waals surface area contributed by atoms with E-state index in [0.29, 0.717) is 0 Å². The maximum absolute atomic E-state index is 13.8. The van der Waals surface area contributed by atoms with Crippen molar-refractivity contribution in [3.8, 4) is 0 Å². The molecular formula is C23H39N3O4. The van der Waals surface area contributed by atoms with Crippen molar-refractivity contribution in [2.24, 2.45) is 29.6 Å². The molecule has 0 unspecified atom stereocenters. The second kappa shape index (κ2) is 10.4. The lowest BCUT2D eigenvalue weighted by atomic mass is 9.68. The zero-order valence-corrected chi connectivity index (χ0v) is 19.2. The molecule has 0 spiro atoms. The zero-order chi connectivity index (χ0) is 22.6. The van der Waals surface area contributed by atoms with E-state index in [9.17, 15) is 19.5 Å². The summed E-state index contributed by atoms with van der Waals surface area (Å²) in [6.45, 7) is 9.62. The number of hydrogen-bond donors (Lipinski definition) is 3. The van der Waals surface area contributed by atoms with Crippen molar-refractivity contribution in [1.82, 2.24) is 15.5 Å². The Kier molecular flexibility index (Phi) is 8.47. The van der Waals surface area contributed by atoms with E-state index in [1.165, 1.54) is 0 Å². The normalized spacial score (nSPS) is 30.2. The first-order valence-corrected chi connectivity index (χ1v) is 11.4. The minimum atomic E-state index is -0.720. The minimum Gasteiger partial charge on any atom is -0.394 e. The van der Waals surface area contributed by atoms with Crippen LogP contribution >= 0.6 is 0 Å².